The fraction of sp³-hybridized carbons (Fsp3) is 0. The number of carboxylic acids is 1. The summed E-state index contributed by atoms with van der Waals surface area (Å²) in [4.78, 5) is 10.4. The van der Waals surface area contributed by atoms with E-state index < -0.39 is 23.9 Å². The number of carboxylic acid groups (broad SMARTS) is 1. The molecule has 0 aliphatic heterocycles. The smallest absolute Gasteiger partial charge is 0.341 e. The van der Waals surface area contributed by atoms with E-state index in [1.807, 2.05) is 0 Å². The summed E-state index contributed by atoms with van der Waals surface area (Å²) in [5.41, 5.74) is -0.402. The maximum Gasteiger partial charge on any atom is 0.341 e. The van der Waals surface area contributed by atoms with Crippen LogP contribution in [-0.4, -0.2) is 11.1 Å². The van der Waals surface area contributed by atoms with Gasteiger partial charge in [0, 0.05) is 6.07 Å². The Morgan fingerprint density at radius 2 is 2.60 bits per heavy atom. The molecule has 10 heavy (non-hydrogen) atoms. The molecule has 0 saturated carbocycles. The lowest BCUT2D eigenvalue weighted by molar-refractivity contribution is -0.605. The lowest BCUT2D eigenvalue weighted by atomic mass is 10.3. The summed E-state index contributed by atoms with van der Waals surface area (Å²) in [6.07, 6.45) is -1.15. The molecule has 0 bridgehead atoms. The SMILES string of the molecule is [2H]c1ccc(C(=O)O)c([2H])[n+]1[O-]. The van der Waals surface area contributed by atoms with Crippen molar-refractivity contribution in [1.29, 1.82) is 0 Å². The second-order valence-electron chi connectivity index (χ2n) is 1.59. The zero-order valence-corrected chi connectivity index (χ0v) is 4.87. The summed E-state index contributed by atoms with van der Waals surface area (Å²) in [6, 6.07) is 2.09. The van der Waals surface area contributed by atoms with Crippen molar-refractivity contribution in [2.45, 2.75) is 0 Å². The molecule has 4 heteroatoms. The van der Waals surface area contributed by atoms with Gasteiger partial charge in [0.2, 0.25) is 0 Å². The first-order chi connectivity index (χ1) is 5.54. The summed E-state index contributed by atoms with van der Waals surface area (Å²) in [7, 11) is 0. The predicted molar refractivity (Wildman–Crippen MR) is 32.4 cm³/mol. The Labute approximate surface area is 59.7 Å². The minimum atomic E-state index is -1.34. The fourth-order valence-corrected chi connectivity index (χ4v) is 0.486. The van der Waals surface area contributed by atoms with Gasteiger partial charge in [0.1, 0.15) is 8.30 Å². The van der Waals surface area contributed by atoms with Gasteiger partial charge in [-0.3, -0.25) is 0 Å². The van der Waals surface area contributed by atoms with E-state index in [4.69, 9.17) is 7.85 Å². The molecule has 1 N–H and O–H groups in total. The van der Waals surface area contributed by atoms with E-state index in [2.05, 4.69) is 0 Å². The third kappa shape index (κ3) is 1.22. The van der Waals surface area contributed by atoms with Crippen LogP contribution in [0.15, 0.2) is 24.5 Å². The molecule has 1 rings (SSSR count). The Balaban J connectivity index is 3.36. The first-order valence-electron chi connectivity index (χ1n) is 3.47. The quantitative estimate of drug-likeness (QED) is 0.443. The van der Waals surface area contributed by atoms with E-state index in [1.165, 1.54) is 0 Å². The van der Waals surface area contributed by atoms with Gasteiger partial charge in [-0.05, 0) is 6.07 Å². The Bertz CT molecular complexity index is 340. The molecule has 0 saturated heterocycles. The van der Waals surface area contributed by atoms with Crippen molar-refractivity contribution in [3.05, 3.63) is 35.2 Å². The third-order valence-electron chi connectivity index (χ3n) is 0.894. The van der Waals surface area contributed by atoms with Crippen LogP contribution in [-0.2, 0) is 0 Å². The number of nitrogens with zero attached hydrogens (tertiary/aromatic N) is 1. The molecule has 0 radical (unpaired) electrons. The minimum Gasteiger partial charge on any atom is -0.619 e. The van der Waals surface area contributed by atoms with E-state index >= 15 is 0 Å². The lowest BCUT2D eigenvalue weighted by Gasteiger charge is -1.94. The summed E-state index contributed by atoms with van der Waals surface area (Å²) < 4.78 is 13.9. The van der Waals surface area contributed by atoms with Crippen molar-refractivity contribution in [3.8, 4) is 0 Å². The number of pyridine rings is 1. The van der Waals surface area contributed by atoms with E-state index in [-0.39, 0.29) is 4.73 Å². The Morgan fingerprint density at radius 1 is 1.90 bits per heavy atom. The van der Waals surface area contributed by atoms with Crippen molar-refractivity contribution >= 4 is 5.97 Å². The van der Waals surface area contributed by atoms with E-state index in [0.717, 1.165) is 12.1 Å². The van der Waals surface area contributed by atoms with Crippen LogP contribution >= 0.6 is 0 Å². The van der Waals surface area contributed by atoms with Gasteiger partial charge in [0.15, 0.2) is 12.3 Å². The molecule has 0 aliphatic rings. The second kappa shape index (κ2) is 2.34. The first-order valence-corrected chi connectivity index (χ1v) is 2.47. The molecular formula is C6H5NO3. The van der Waals surface area contributed by atoms with Crippen molar-refractivity contribution in [1.82, 2.24) is 0 Å². The molecule has 4 nitrogen and oxygen atoms in total. The molecule has 1 heterocycles. The number of hydrogen-bond donors (Lipinski definition) is 1. The first kappa shape index (κ1) is 4.27. The van der Waals surface area contributed by atoms with Gasteiger partial charge in [-0.2, -0.15) is 4.73 Å². The fourth-order valence-electron chi connectivity index (χ4n) is 0.486. The van der Waals surface area contributed by atoms with Crippen molar-refractivity contribution in [2.75, 3.05) is 0 Å². The van der Waals surface area contributed by atoms with Crippen LogP contribution in [0.2, 0.25) is 0 Å². The summed E-state index contributed by atoms with van der Waals surface area (Å²) in [6.45, 7) is 0. The van der Waals surface area contributed by atoms with Crippen LogP contribution in [0, 0.1) is 5.21 Å². The number of carbonyl (C=O) groups is 1. The monoisotopic (exact) mass is 141 g/mol. The van der Waals surface area contributed by atoms with Crippen LogP contribution in [0.3, 0.4) is 0 Å². The maximum atomic E-state index is 10.8. The van der Waals surface area contributed by atoms with Gasteiger partial charge in [0.05, 0.1) is 0 Å². The molecular weight excluding hydrogens is 134 g/mol. The normalized spacial score (nSPS) is 12.0. The summed E-state index contributed by atoms with van der Waals surface area (Å²) in [5, 5.41) is 19.2. The largest absolute Gasteiger partial charge is 0.619 e. The molecule has 1 aromatic heterocycles. The standard InChI is InChI=1S/C6H5NO3/c8-6(9)5-2-1-3-7(10)4-5/h1-4H,(H,8,9)/i3D,4D. The maximum absolute atomic E-state index is 10.8. The third-order valence-corrected chi connectivity index (χ3v) is 0.894. The van der Waals surface area contributed by atoms with Gasteiger partial charge in [-0.25, -0.2) is 4.79 Å². The molecule has 0 fully saturated rings. The van der Waals surface area contributed by atoms with Crippen molar-refractivity contribution in [3.63, 3.8) is 0 Å². The zero-order chi connectivity index (χ0) is 9.30. The number of aromatic nitrogens is 1. The highest BCUT2D eigenvalue weighted by molar-refractivity contribution is 5.86. The lowest BCUT2D eigenvalue weighted by Crippen LogP contribution is -2.25. The molecule has 0 unspecified atom stereocenters. The van der Waals surface area contributed by atoms with Gasteiger partial charge < -0.3 is 10.3 Å². The molecule has 52 valence electrons. The molecule has 0 aliphatic carbocycles. The molecule has 0 spiro atoms. The highest BCUT2D eigenvalue weighted by atomic mass is 16.5. The van der Waals surface area contributed by atoms with Gasteiger partial charge in [0.25, 0.3) is 0 Å². The Kier molecular flexibility index (Phi) is 1.00. The van der Waals surface area contributed by atoms with Crippen LogP contribution in [0.1, 0.15) is 13.1 Å². The molecule has 1 aromatic rings. The van der Waals surface area contributed by atoms with Crippen molar-refractivity contribution in [2.24, 2.45) is 0 Å². The summed E-state index contributed by atoms with van der Waals surface area (Å²) >= 11 is 0. The highest BCUT2D eigenvalue weighted by Gasteiger charge is 2.03. The average Bonchev–Trinajstić information content (AvgIpc) is 2.00. The van der Waals surface area contributed by atoms with Gasteiger partial charge >= 0.3 is 5.97 Å². The van der Waals surface area contributed by atoms with Crippen LogP contribution in [0.25, 0.3) is 0 Å². The minimum absolute atomic E-state index is 0.0521. The molecule has 0 aromatic carbocycles. The predicted octanol–water partition coefficient (Wildman–Crippen LogP) is 0.0182. The molecule has 0 amide bonds. The van der Waals surface area contributed by atoms with E-state index in [9.17, 15) is 10.0 Å². The number of hydrogen-bond acceptors (Lipinski definition) is 2. The Hall–Kier alpha value is -1.58. The highest BCUT2D eigenvalue weighted by Crippen LogP contribution is 1.91. The topological polar surface area (TPSA) is 64.2 Å². The van der Waals surface area contributed by atoms with E-state index in [1.54, 1.807) is 0 Å². The number of aromatic carboxylic acids is 1. The zero-order valence-electron chi connectivity index (χ0n) is 6.87. The van der Waals surface area contributed by atoms with Gasteiger partial charge in [-0.1, -0.05) is 0 Å². The Morgan fingerprint density at radius 3 is 3.20 bits per heavy atom. The van der Waals surface area contributed by atoms with Crippen LogP contribution < -0.4 is 4.73 Å². The number of rotatable bonds is 1. The second-order valence-corrected chi connectivity index (χ2v) is 1.59. The van der Waals surface area contributed by atoms with Gasteiger partial charge in [-0.15, -0.1) is 0 Å². The van der Waals surface area contributed by atoms with E-state index in [0.29, 0.717) is 0 Å². The molecule has 0 atom stereocenters. The van der Waals surface area contributed by atoms with Crippen molar-refractivity contribution < 1.29 is 17.4 Å². The summed E-state index contributed by atoms with van der Waals surface area (Å²) in [5.74, 6) is -1.34. The average molecular weight is 141 g/mol. The van der Waals surface area contributed by atoms with Crippen LogP contribution in [0.4, 0.5) is 0 Å². The van der Waals surface area contributed by atoms with Crippen LogP contribution in [0.5, 0.6) is 0 Å².